The van der Waals surface area contributed by atoms with Gasteiger partial charge in [-0.2, -0.15) is 0 Å². The second-order valence-electron chi connectivity index (χ2n) is 4.60. The lowest BCUT2D eigenvalue weighted by Gasteiger charge is -2.05. The smallest absolute Gasteiger partial charge is 0.264 e. The molecule has 0 radical (unpaired) electrons. The van der Waals surface area contributed by atoms with Crippen molar-refractivity contribution in [3.05, 3.63) is 53.6 Å². The Kier molecular flexibility index (Phi) is 4.20. The van der Waals surface area contributed by atoms with Crippen LogP contribution in [0.4, 0.5) is 5.13 Å². The molecule has 3 rings (SSSR count). The fraction of sp³-hybridized carbons (Fsp3) is 0.125. The predicted molar refractivity (Wildman–Crippen MR) is 85.1 cm³/mol. The Morgan fingerprint density at radius 2 is 2.09 bits per heavy atom. The van der Waals surface area contributed by atoms with Gasteiger partial charge in [0.1, 0.15) is 17.2 Å². The molecular formula is C16H14N2O3S. The first-order valence-electron chi connectivity index (χ1n) is 6.71. The molecule has 22 heavy (non-hydrogen) atoms. The average Bonchev–Trinajstić information content (AvgIpc) is 3.15. The average molecular weight is 314 g/mol. The number of hydrogen-bond acceptors (Lipinski definition) is 5. The lowest BCUT2D eigenvalue weighted by molar-refractivity contribution is -0.118. The van der Waals surface area contributed by atoms with Crippen LogP contribution in [0.1, 0.15) is 5.76 Å². The van der Waals surface area contributed by atoms with E-state index in [0.29, 0.717) is 22.3 Å². The van der Waals surface area contributed by atoms with Crippen LogP contribution in [-0.2, 0) is 4.79 Å². The minimum atomic E-state index is -0.250. The maximum absolute atomic E-state index is 11.8. The Morgan fingerprint density at radius 1 is 1.27 bits per heavy atom. The number of nitrogens with zero attached hydrogens (tertiary/aromatic N) is 1. The van der Waals surface area contributed by atoms with Crippen LogP contribution in [0.5, 0.6) is 5.75 Å². The van der Waals surface area contributed by atoms with E-state index in [9.17, 15) is 4.79 Å². The summed E-state index contributed by atoms with van der Waals surface area (Å²) >= 11 is 1.35. The van der Waals surface area contributed by atoms with Crippen LogP contribution in [0.3, 0.4) is 0 Å². The minimum absolute atomic E-state index is 0.0568. The Morgan fingerprint density at radius 3 is 2.82 bits per heavy atom. The summed E-state index contributed by atoms with van der Waals surface area (Å²) in [6, 6.07) is 12.9. The van der Waals surface area contributed by atoms with Gasteiger partial charge in [-0.25, -0.2) is 4.98 Å². The van der Waals surface area contributed by atoms with Gasteiger partial charge in [0.15, 0.2) is 17.5 Å². The molecule has 0 atom stereocenters. The van der Waals surface area contributed by atoms with E-state index in [1.807, 2.05) is 42.6 Å². The van der Waals surface area contributed by atoms with E-state index in [2.05, 4.69) is 10.3 Å². The van der Waals surface area contributed by atoms with Crippen molar-refractivity contribution in [2.24, 2.45) is 0 Å². The molecule has 0 fully saturated rings. The number of aromatic nitrogens is 1. The molecule has 2 aromatic heterocycles. The number of benzene rings is 1. The molecular weight excluding hydrogens is 300 g/mol. The van der Waals surface area contributed by atoms with E-state index in [1.54, 1.807) is 12.1 Å². The number of nitrogens with one attached hydrogen (secondary N) is 1. The van der Waals surface area contributed by atoms with Gasteiger partial charge in [-0.15, -0.1) is 11.3 Å². The summed E-state index contributed by atoms with van der Waals surface area (Å²) in [6.07, 6.45) is 0. The lowest BCUT2D eigenvalue weighted by atomic mass is 10.3. The Labute approximate surface area is 131 Å². The number of furan rings is 1. The summed E-state index contributed by atoms with van der Waals surface area (Å²) in [7, 11) is 0. The summed E-state index contributed by atoms with van der Waals surface area (Å²) in [5.41, 5.74) is 0.706. The summed E-state index contributed by atoms with van der Waals surface area (Å²) in [4.78, 5) is 16.2. The van der Waals surface area contributed by atoms with E-state index in [0.717, 1.165) is 5.76 Å². The number of aryl methyl sites for hydroxylation is 1. The molecule has 0 unspecified atom stereocenters. The van der Waals surface area contributed by atoms with Crippen LogP contribution in [0.15, 0.2) is 52.3 Å². The Balaban J connectivity index is 1.57. The van der Waals surface area contributed by atoms with Gasteiger partial charge in [-0.05, 0) is 31.2 Å². The van der Waals surface area contributed by atoms with Gasteiger partial charge in [0.2, 0.25) is 0 Å². The van der Waals surface area contributed by atoms with Gasteiger partial charge in [0.05, 0.1) is 0 Å². The van der Waals surface area contributed by atoms with Gasteiger partial charge in [-0.1, -0.05) is 18.2 Å². The Bertz CT molecular complexity index is 765. The maximum atomic E-state index is 11.8. The molecule has 5 nitrogen and oxygen atoms in total. The number of rotatable bonds is 5. The van der Waals surface area contributed by atoms with Crippen molar-refractivity contribution in [3.63, 3.8) is 0 Å². The molecule has 6 heteroatoms. The van der Waals surface area contributed by atoms with Crippen molar-refractivity contribution in [2.45, 2.75) is 6.92 Å². The monoisotopic (exact) mass is 314 g/mol. The van der Waals surface area contributed by atoms with Crippen LogP contribution in [-0.4, -0.2) is 17.5 Å². The van der Waals surface area contributed by atoms with Gasteiger partial charge in [0.25, 0.3) is 5.91 Å². The third-order valence-electron chi connectivity index (χ3n) is 2.86. The minimum Gasteiger partial charge on any atom is -0.484 e. The van der Waals surface area contributed by atoms with Crippen molar-refractivity contribution in [2.75, 3.05) is 11.9 Å². The predicted octanol–water partition coefficient (Wildman–Crippen LogP) is 3.73. The quantitative estimate of drug-likeness (QED) is 0.779. The molecule has 112 valence electrons. The molecule has 1 aromatic carbocycles. The lowest BCUT2D eigenvalue weighted by Crippen LogP contribution is -2.19. The van der Waals surface area contributed by atoms with Crippen molar-refractivity contribution in [1.29, 1.82) is 0 Å². The highest BCUT2D eigenvalue weighted by Gasteiger charge is 2.10. The third-order valence-corrected chi connectivity index (χ3v) is 3.61. The highest BCUT2D eigenvalue weighted by atomic mass is 32.1. The summed E-state index contributed by atoms with van der Waals surface area (Å²) in [5.74, 6) is 1.92. The zero-order valence-electron chi connectivity index (χ0n) is 11.9. The van der Waals surface area contributed by atoms with E-state index in [1.165, 1.54) is 11.3 Å². The van der Waals surface area contributed by atoms with E-state index in [-0.39, 0.29) is 12.5 Å². The van der Waals surface area contributed by atoms with Crippen LogP contribution in [0.2, 0.25) is 0 Å². The van der Waals surface area contributed by atoms with Crippen LogP contribution < -0.4 is 10.1 Å². The second-order valence-corrected chi connectivity index (χ2v) is 5.46. The molecule has 1 amide bonds. The third kappa shape index (κ3) is 3.53. The number of para-hydroxylation sites is 1. The summed E-state index contributed by atoms with van der Waals surface area (Å²) in [5, 5.41) is 5.07. The SMILES string of the molecule is Cc1ccc(-c2csc(NC(=O)COc3ccccc3)n2)o1. The summed E-state index contributed by atoms with van der Waals surface area (Å²) < 4.78 is 10.9. The highest BCUT2D eigenvalue weighted by molar-refractivity contribution is 7.14. The molecule has 0 bridgehead atoms. The molecule has 0 saturated carbocycles. The largest absolute Gasteiger partial charge is 0.484 e. The number of anilines is 1. The van der Waals surface area contributed by atoms with Crippen molar-refractivity contribution in [1.82, 2.24) is 4.98 Å². The molecule has 0 aliphatic heterocycles. The second kappa shape index (κ2) is 6.44. The number of ether oxygens (including phenoxy) is 1. The fourth-order valence-electron chi connectivity index (χ4n) is 1.84. The van der Waals surface area contributed by atoms with Gasteiger partial charge >= 0.3 is 0 Å². The number of carbonyl (C=O) groups excluding carboxylic acids is 1. The van der Waals surface area contributed by atoms with E-state index in [4.69, 9.17) is 9.15 Å². The number of amides is 1. The molecule has 1 N–H and O–H groups in total. The standard InChI is InChI=1S/C16H14N2O3S/c1-11-7-8-14(21-11)13-10-22-16(17-13)18-15(19)9-20-12-5-3-2-4-6-12/h2-8,10H,9H2,1H3,(H,17,18,19). The summed E-state index contributed by atoms with van der Waals surface area (Å²) in [6.45, 7) is 1.82. The Hall–Kier alpha value is -2.60. The van der Waals surface area contributed by atoms with Crippen molar-refractivity contribution >= 4 is 22.4 Å². The van der Waals surface area contributed by atoms with Crippen LogP contribution in [0.25, 0.3) is 11.5 Å². The molecule has 0 saturated heterocycles. The topological polar surface area (TPSA) is 64.4 Å². The molecule has 0 aliphatic rings. The molecule has 0 spiro atoms. The zero-order valence-corrected chi connectivity index (χ0v) is 12.7. The zero-order chi connectivity index (χ0) is 15.4. The maximum Gasteiger partial charge on any atom is 0.264 e. The number of hydrogen-bond donors (Lipinski definition) is 1. The van der Waals surface area contributed by atoms with Gasteiger partial charge in [0, 0.05) is 5.38 Å². The van der Waals surface area contributed by atoms with Gasteiger partial charge < -0.3 is 9.15 Å². The fourth-order valence-corrected chi connectivity index (χ4v) is 2.55. The normalized spacial score (nSPS) is 10.4. The molecule has 2 heterocycles. The highest BCUT2D eigenvalue weighted by Crippen LogP contribution is 2.26. The first-order valence-corrected chi connectivity index (χ1v) is 7.59. The van der Waals surface area contributed by atoms with Crippen molar-refractivity contribution < 1.29 is 13.9 Å². The number of carbonyl (C=O) groups is 1. The van der Waals surface area contributed by atoms with E-state index < -0.39 is 0 Å². The number of thiazole rings is 1. The van der Waals surface area contributed by atoms with Gasteiger partial charge in [-0.3, -0.25) is 10.1 Å². The first-order chi connectivity index (χ1) is 10.7. The van der Waals surface area contributed by atoms with Crippen LogP contribution in [0, 0.1) is 6.92 Å². The van der Waals surface area contributed by atoms with Crippen LogP contribution >= 0.6 is 11.3 Å². The molecule has 0 aliphatic carbocycles. The molecule has 3 aromatic rings. The first kappa shape index (κ1) is 14.3. The van der Waals surface area contributed by atoms with Crippen molar-refractivity contribution in [3.8, 4) is 17.2 Å². The van der Waals surface area contributed by atoms with E-state index >= 15 is 0 Å².